The van der Waals surface area contributed by atoms with Crippen LogP contribution in [0.3, 0.4) is 0 Å². The van der Waals surface area contributed by atoms with E-state index < -0.39 is 8.07 Å². The number of anilines is 3. The first-order chi connectivity index (χ1) is 28.8. The molecule has 0 saturated carbocycles. The quantitative estimate of drug-likeness (QED) is 0.159. The lowest BCUT2D eigenvalue weighted by Crippen LogP contribution is -2.77. The molecule has 0 bridgehead atoms. The number of rotatable bonds is 5. The summed E-state index contributed by atoms with van der Waals surface area (Å²) in [6.45, 7) is 0. The largest absolute Gasteiger partial charge is 0.311 e. The van der Waals surface area contributed by atoms with Crippen LogP contribution in [0.15, 0.2) is 224 Å². The first kappa shape index (κ1) is 32.8. The zero-order chi connectivity index (χ0) is 38.2. The van der Waals surface area contributed by atoms with Gasteiger partial charge in [0.1, 0.15) is 0 Å². The maximum absolute atomic E-state index is 2.68. The van der Waals surface area contributed by atoms with Gasteiger partial charge in [0.15, 0.2) is 8.07 Å². The molecule has 0 amide bonds. The molecule has 2 aromatic heterocycles. The van der Waals surface area contributed by atoms with Gasteiger partial charge < -0.3 is 14.0 Å². The van der Waals surface area contributed by atoms with Gasteiger partial charge in [0.25, 0.3) is 0 Å². The minimum absolute atomic E-state index is 1.13. The highest BCUT2D eigenvalue weighted by Crippen LogP contribution is 2.42. The van der Waals surface area contributed by atoms with E-state index in [0.717, 1.165) is 17.1 Å². The highest BCUT2D eigenvalue weighted by Gasteiger charge is 2.48. The fourth-order valence-corrected chi connectivity index (χ4v) is 15.1. The normalized spacial score (nSPS) is 13.3. The van der Waals surface area contributed by atoms with E-state index in [4.69, 9.17) is 0 Å². The number of hydrogen-bond donors (Lipinski definition) is 0. The highest BCUT2D eigenvalue weighted by molar-refractivity contribution is 7.21. The predicted molar refractivity (Wildman–Crippen MR) is 247 cm³/mol. The van der Waals surface area contributed by atoms with Crippen molar-refractivity contribution in [1.82, 2.24) is 9.13 Å². The number of benzene rings is 9. The summed E-state index contributed by atoms with van der Waals surface area (Å²) in [6, 6.07) is 83.0. The van der Waals surface area contributed by atoms with Gasteiger partial charge in [-0.05, 0) is 93.5 Å². The smallest absolute Gasteiger partial charge is 0.184 e. The van der Waals surface area contributed by atoms with Crippen LogP contribution in [0.2, 0.25) is 0 Å². The van der Waals surface area contributed by atoms with Crippen LogP contribution in [-0.2, 0) is 0 Å². The molecule has 4 heteroatoms. The van der Waals surface area contributed by atoms with Crippen molar-refractivity contribution in [2.45, 2.75) is 0 Å². The van der Waals surface area contributed by atoms with Crippen molar-refractivity contribution in [3.8, 4) is 11.4 Å². The van der Waals surface area contributed by atoms with E-state index in [0.29, 0.717) is 0 Å². The van der Waals surface area contributed by atoms with Crippen molar-refractivity contribution in [2.24, 2.45) is 0 Å². The molecule has 0 aliphatic carbocycles. The van der Waals surface area contributed by atoms with Crippen molar-refractivity contribution in [3.05, 3.63) is 224 Å². The average Bonchev–Trinajstić information content (AvgIpc) is 3.80. The molecule has 0 atom stereocenters. The fourth-order valence-electron chi connectivity index (χ4n) is 10.0. The topological polar surface area (TPSA) is 13.1 Å². The van der Waals surface area contributed by atoms with Crippen LogP contribution in [0.1, 0.15) is 0 Å². The number of fused-ring (bicyclic) bond motifs is 8. The zero-order valence-corrected chi connectivity index (χ0v) is 32.7. The lowest BCUT2D eigenvalue weighted by atomic mass is 10.1. The maximum atomic E-state index is 2.49. The molecule has 58 heavy (non-hydrogen) atoms. The van der Waals surface area contributed by atoms with E-state index in [1.54, 1.807) is 0 Å². The van der Waals surface area contributed by atoms with Gasteiger partial charge in [-0.3, -0.25) is 0 Å². The molecule has 3 nitrogen and oxygen atoms in total. The molecule has 0 N–H and O–H groups in total. The third-order valence-electron chi connectivity index (χ3n) is 12.4. The third kappa shape index (κ3) is 4.61. The molecular formula is C54H37N3Si. The molecule has 12 rings (SSSR count). The van der Waals surface area contributed by atoms with Crippen molar-refractivity contribution in [1.29, 1.82) is 0 Å². The lowest BCUT2D eigenvalue weighted by Gasteiger charge is -2.45. The predicted octanol–water partition coefficient (Wildman–Crippen LogP) is 11.0. The van der Waals surface area contributed by atoms with Crippen LogP contribution in [0, 0.1) is 0 Å². The van der Waals surface area contributed by atoms with Crippen LogP contribution in [0.4, 0.5) is 17.1 Å². The molecule has 0 unspecified atom stereocenters. The number of aromatic nitrogens is 2. The Bertz CT molecular complexity index is 3240. The van der Waals surface area contributed by atoms with Gasteiger partial charge in [-0.1, -0.05) is 152 Å². The van der Waals surface area contributed by atoms with Crippen LogP contribution in [0.25, 0.3) is 55.0 Å². The molecule has 1 aliphatic heterocycles. The Labute approximate surface area is 337 Å². The summed E-state index contributed by atoms with van der Waals surface area (Å²) < 4.78 is 4.86. The summed E-state index contributed by atoms with van der Waals surface area (Å²) >= 11 is 0. The monoisotopic (exact) mass is 755 g/mol. The minimum atomic E-state index is -2.68. The third-order valence-corrected chi connectivity index (χ3v) is 17.2. The van der Waals surface area contributed by atoms with Crippen molar-refractivity contribution < 1.29 is 0 Å². The summed E-state index contributed by atoms with van der Waals surface area (Å²) in [7, 11) is -2.68. The summed E-state index contributed by atoms with van der Waals surface area (Å²) in [5.41, 5.74) is 10.7. The zero-order valence-electron chi connectivity index (χ0n) is 31.7. The molecule has 9 aromatic carbocycles. The Balaban J connectivity index is 1.06. The van der Waals surface area contributed by atoms with Crippen molar-refractivity contribution >= 4 is 89.5 Å². The Morgan fingerprint density at radius 1 is 0.276 bits per heavy atom. The molecule has 11 aromatic rings. The van der Waals surface area contributed by atoms with E-state index in [1.807, 2.05) is 0 Å². The van der Waals surface area contributed by atoms with Crippen molar-refractivity contribution in [3.63, 3.8) is 0 Å². The molecule has 0 fully saturated rings. The van der Waals surface area contributed by atoms with Crippen LogP contribution >= 0.6 is 0 Å². The molecule has 3 heterocycles. The van der Waals surface area contributed by atoms with Crippen LogP contribution < -0.4 is 25.6 Å². The maximum Gasteiger partial charge on any atom is 0.184 e. The second-order valence-corrected chi connectivity index (χ2v) is 19.0. The molecule has 0 saturated heterocycles. The summed E-state index contributed by atoms with van der Waals surface area (Å²) in [6.07, 6.45) is 0. The minimum Gasteiger partial charge on any atom is -0.311 e. The second-order valence-electron chi connectivity index (χ2n) is 15.3. The Kier molecular flexibility index (Phi) is 7.25. The van der Waals surface area contributed by atoms with E-state index in [2.05, 4.69) is 238 Å². The Morgan fingerprint density at radius 3 is 1.19 bits per heavy atom. The Morgan fingerprint density at radius 2 is 0.672 bits per heavy atom. The fraction of sp³-hybridized carbons (Fsp3) is 0. The van der Waals surface area contributed by atoms with E-state index >= 15 is 0 Å². The van der Waals surface area contributed by atoms with Gasteiger partial charge in [0, 0.05) is 50.0 Å². The first-order valence-corrected chi connectivity index (χ1v) is 22.0. The Hall–Kier alpha value is -7.40. The first-order valence-electron chi connectivity index (χ1n) is 20.0. The van der Waals surface area contributed by atoms with Gasteiger partial charge >= 0.3 is 0 Å². The molecule has 272 valence electrons. The number of nitrogens with zero attached hydrogens (tertiary/aromatic N) is 3. The molecule has 0 radical (unpaired) electrons. The number of hydrogen-bond acceptors (Lipinski definition) is 1. The van der Waals surface area contributed by atoms with E-state index in [-0.39, 0.29) is 0 Å². The lowest BCUT2D eigenvalue weighted by molar-refractivity contribution is 1.16. The van der Waals surface area contributed by atoms with Crippen LogP contribution in [0.5, 0.6) is 0 Å². The van der Waals surface area contributed by atoms with E-state index in [1.165, 1.54) is 75.7 Å². The van der Waals surface area contributed by atoms with Gasteiger partial charge in [-0.2, -0.15) is 0 Å². The van der Waals surface area contributed by atoms with Gasteiger partial charge in [0.05, 0.1) is 22.1 Å². The highest BCUT2D eigenvalue weighted by atomic mass is 28.3. The van der Waals surface area contributed by atoms with Gasteiger partial charge in [-0.25, -0.2) is 0 Å². The average molecular weight is 756 g/mol. The number of para-hydroxylation sites is 5. The molecule has 1 aliphatic rings. The van der Waals surface area contributed by atoms with Gasteiger partial charge in [-0.15, -0.1) is 0 Å². The summed E-state index contributed by atoms with van der Waals surface area (Å²) in [5.74, 6) is 0. The van der Waals surface area contributed by atoms with Crippen molar-refractivity contribution in [2.75, 3.05) is 4.90 Å². The summed E-state index contributed by atoms with van der Waals surface area (Å²) in [4.78, 5) is 2.49. The van der Waals surface area contributed by atoms with Crippen LogP contribution in [-0.4, -0.2) is 17.2 Å². The molecular weight excluding hydrogens is 719 g/mol. The summed E-state index contributed by atoms with van der Waals surface area (Å²) in [5, 5.41) is 10.6. The second kappa shape index (κ2) is 12.8. The SMILES string of the molecule is c1ccc(-n2c3ccccc3c3cc4c5ccccc5n(-c5ccc(N6c7ccccc7[Si](c7ccccc7)(c7ccccc7)c7ccccc76)cc5)c4cc32)cc1. The standard InChI is InChI=1S/C54H37N3Si/c1-4-18-38(19-5-1)55-47-26-12-10-24-43(47)45-36-46-44-25-11-13-27-48(44)56(52(46)37-51(45)55)39-32-34-40(35-33-39)57-49-28-14-16-30-53(49)58(41-20-6-2-7-21-41,42-22-8-3-9-23-42)54-31-17-15-29-50(54)57/h1-37H. The molecule has 0 spiro atoms. The van der Waals surface area contributed by atoms with Gasteiger partial charge in [0.2, 0.25) is 0 Å². The van der Waals surface area contributed by atoms with E-state index in [9.17, 15) is 0 Å².